The average molecular weight is 286 g/mol. The average Bonchev–Trinajstić information content (AvgIpc) is 2.48. The summed E-state index contributed by atoms with van der Waals surface area (Å²) in [6.07, 6.45) is 17.8. The fraction of sp³-hybridized carbons (Fsp3) is 0.474. The molecule has 0 aliphatic heterocycles. The second-order valence-electron chi connectivity index (χ2n) is 5.50. The number of allylic oxidation sites excluding steroid dienone is 4. The number of rotatable bonds is 3. The Morgan fingerprint density at radius 1 is 0.850 bits per heavy atom. The van der Waals surface area contributed by atoms with Crippen molar-refractivity contribution < 1.29 is 0 Å². The van der Waals surface area contributed by atoms with E-state index >= 15 is 0 Å². The van der Waals surface area contributed by atoms with Gasteiger partial charge in [-0.1, -0.05) is 74.2 Å². The summed E-state index contributed by atoms with van der Waals surface area (Å²) in [5, 5.41) is 0. The molecule has 0 radical (unpaired) electrons. The molecule has 1 heteroatoms. The molecule has 0 nitrogen and oxygen atoms in total. The van der Waals surface area contributed by atoms with Crippen LogP contribution in [0.2, 0.25) is 0 Å². The van der Waals surface area contributed by atoms with Gasteiger partial charge in [-0.25, -0.2) is 0 Å². The summed E-state index contributed by atoms with van der Waals surface area (Å²) >= 11 is 2.01. The lowest BCUT2D eigenvalue weighted by atomic mass is 10.1. The minimum atomic E-state index is 1.10. The van der Waals surface area contributed by atoms with E-state index in [1.165, 1.54) is 56.9 Å². The predicted molar refractivity (Wildman–Crippen MR) is 91.9 cm³/mol. The van der Waals surface area contributed by atoms with E-state index in [1.807, 2.05) is 11.8 Å². The van der Waals surface area contributed by atoms with Crippen molar-refractivity contribution in [1.82, 2.24) is 0 Å². The van der Waals surface area contributed by atoms with Crippen LogP contribution < -0.4 is 0 Å². The molecule has 0 bridgehead atoms. The van der Waals surface area contributed by atoms with Crippen LogP contribution in [0.5, 0.6) is 0 Å². The maximum atomic E-state index is 2.34. The van der Waals surface area contributed by atoms with Crippen LogP contribution in [0, 0.1) is 0 Å². The quantitative estimate of drug-likeness (QED) is 0.611. The topological polar surface area (TPSA) is 0 Å². The number of benzene rings is 1. The second-order valence-corrected chi connectivity index (χ2v) is 6.60. The van der Waals surface area contributed by atoms with Crippen LogP contribution in [0.1, 0.15) is 56.9 Å². The third-order valence-electron chi connectivity index (χ3n) is 3.73. The van der Waals surface area contributed by atoms with E-state index < -0.39 is 0 Å². The van der Waals surface area contributed by atoms with E-state index in [0.717, 1.165) is 5.75 Å². The molecule has 20 heavy (non-hydrogen) atoms. The molecule has 0 unspecified atom stereocenters. The summed E-state index contributed by atoms with van der Waals surface area (Å²) in [7, 11) is 0. The first-order valence-corrected chi connectivity index (χ1v) is 8.96. The van der Waals surface area contributed by atoms with Crippen LogP contribution in [0.3, 0.4) is 0 Å². The minimum Gasteiger partial charge on any atom is -0.126 e. The van der Waals surface area contributed by atoms with Gasteiger partial charge >= 0.3 is 0 Å². The fourth-order valence-electron chi connectivity index (χ4n) is 2.49. The first-order chi connectivity index (χ1) is 9.95. The molecular formula is C19H26S. The SMILES string of the molecule is C1=CCCCCCCCCC(SCc2ccccc2)=C1. The number of hydrogen-bond donors (Lipinski definition) is 0. The molecule has 108 valence electrons. The Kier molecular flexibility index (Phi) is 7.62. The van der Waals surface area contributed by atoms with Crippen molar-refractivity contribution in [3.05, 3.63) is 59.0 Å². The zero-order chi connectivity index (χ0) is 13.9. The molecular weight excluding hydrogens is 260 g/mol. The lowest BCUT2D eigenvalue weighted by Crippen LogP contribution is -1.86. The largest absolute Gasteiger partial charge is 0.126 e. The molecule has 0 saturated carbocycles. The van der Waals surface area contributed by atoms with Gasteiger partial charge in [0.15, 0.2) is 0 Å². The van der Waals surface area contributed by atoms with Gasteiger partial charge in [0, 0.05) is 5.75 Å². The van der Waals surface area contributed by atoms with E-state index in [-0.39, 0.29) is 0 Å². The smallest absolute Gasteiger partial charge is 0.0228 e. The molecule has 1 aromatic rings. The number of thioether (sulfide) groups is 1. The van der Waals surface area contributed by atoms with Crippen molar-refractivity contribution >= 4 is 11.8 Å². The zero-order valence-corrected chi connectivity index (χ0v) is 13.2. The summed E-state index contributed by atoms with van der Waals surface area (Å²) in [5.74, 6) is 1.10. The van der Waals surface area contributed by atoms with Gasteiger partial charge in [0.25, 0.3) is 0 Å². The Hall–Kier alpha value is -0.950. The summed E-state index contributed by atoms with van der Waals surface area (Å²) < 4.78 is 0. The number of hydrogen-bond acceptors (Lipinski definition) is 1. The fourth-order valence-corrected chi connectivity index (χ4v) is 3.50. The Bertz CT molecular complexity index is 417. The molecule has 0 amide bonds. The predicted octanol–water partition coefficient (Wildman–Crippen LogP) is 6.49. The normalized spacial score (nSPS) is 17.9. The standard InChI is InChI=1S/C19H26S/c1-2-4-6-11-15-19(16-12-7-5-3-1)20-17-18-13-9-8-10-14-18/h6,8-11,13-15H,1-5,7,12,16-17H2. The molecule has 0 spiro atoms. The van der Waals surface area contributed by atoms with Crippen molar-refractivity contribution in [1.29, 1.82) is 0 Å². The molecule has 2 rings (SSSR count). The maximum Gasteiger partial charge on any atom is 0.0228 e. The lowest BCUT2D eigenvalue weighted by Gasteiger charge is -2.08. The van der Waals surface area contributed by atoms with Crippen LogP contribution in [-0.2, 0) is 5.75 Å². The Labute approximate surface area is 128 Å². The van der Waals surface area contributed by atoms with Crippen LogP contribution in [-0.4, -0.2) is 0 Å². The highest BCUT2D eigenvalue weighted by molar-refractivity contribution is 8.02. The van der Waals surface area contributed by atoms with Crippen LogP contribution in [0.4, 0.5) is 0 Å². The van der Waals surface area contributed by atoms with Crippen molar-refractivity contribution in [2.24, 2.45) is 0 Å². The maximum absolute atomic E-state index is 2.34. The molecule has 1 aliphatic rings. The van der Waals surface area contributed by atoms with Gasteiger partial charge in [0.1, 0.15) is 0 Å². The first kappa shape index (κ1) is 15.4. The van der Waals surface area contributed by atoms with Crippen LogP contribution in [0.25, 0.3) is 0 Å². The van der Waals surface area contributed by atoms with Gasteiger partial charge in [-0.15, -0.1) is 11.8 Å². The van der Waals surface area contributed by atoms with E-state index in [2.05, 4.69) is 48.6 Å². The zero-order valence-electron chi connectivity index (χ0n) is 12.4. The molecule has 0 N–H and O–H groups in total. The molecule has 1 aliphatic carbocycles. The molecule has 0 atom stereocenters. The van der Waals surface area contributed by atoms with Crippen molar-refractivity contribution in [2.75, 3.05) is 0 Å². The molecule has 0 heterocycles. The molecule has 0 aromatic heterocycles. The van der Waals surface area contributed by atoms with E-state index in [4.69, 9.17) is 0 Å². The highest BCUT2D eigenvalue weighted by atomic mass is 32.2. The van der Waals surface area contributed by atoms with Gasteiger partial charge in [-0.05, 0) is 36.2 Å². The molecule has 0 saturated heterocycles. The van der Waals surface area contributed by atoms with Crippen molar-refractivity contribution in [3.8, 4) is 0 Å². The Morgan fingerprint density at radius 3 is 2.45 bits per heavy atom. The second kappa shape index (κ2) is 9.88. The monoisotopic (exact) mass is 286 g/mol. The van der Waals surface area contributed by atoms with Gasteiger partial charge in [0.05, 0.1) is 0 Å². The van der Waals surface area contributed by atoms with Crippen LogP contribution >= 0.6 is 11.8 Å². The summed E-state index contributed by atoms with van der Waals surface area (Å²) in [4.78, 5) is 1.55. The molecule has 1 aromatic carbocycles. The first-order valence-electron chi connectivity index (χ1n) is 7.97. The van der Waals surface area contributed by atoms with Gasteiger partial charge in [-0.3, -0.25) is 0 Å². The lowest BCUT2D eigenvalue weighted by molar-refractivity contribution is 0.598. The summed E-state index contributed by atoms with van der Waals surface area (Å²) in [5.41, 5.74) is 1.42. The van der Waals surface area contributed by atoms with Crippen LogP contribution in [0.15, 0.2) is 53.5 Å². The van der Waals surface area contributed by atoms with E-state index in [1.54, 1.807) is 4.91 Å². The summed E-state index contributed by atoms with van der Waals surface area (Å²) in [6.45, 7) is 0. The van der Waals surface area contributed by atoms with Gasteiger partial charge in [-0.2, -0.15) is 0 Å². The van der Waals surface area contributed by atoms with Gasteiger partial charge in [0.2, 0.25) is 0 Å². The molecule has 0 fully saturated rings. The highest BCUT2D eigenvalue weighted by Crippen LogP contribution is 2.27. The van der Waals surface area contributed by atoms with Crippen molar-refractivity contribution in [3.63, 3.8) is 0 Å². The van der Waals surface area contributed by atoms with E-state index in [0.29, 0.717) is 0 Å². The Morgan fingerprint density at radius 2 is 1.60 bits per heavy atom. The van der Waals surface area contributed by atoms with E-state index in [9.17, 15) is 0 Å². The third-order valence-corrected chi connectivity index (χ3v) is 4.92. The summed E-state index contributed by atoms with van der Waals surface area (Å²) in [6, 6.07) is 10.8. The van der Waals surface area contributed by atoms with Crippen molar-refractivity contribution in [2.45, 2.75) is 57.1 Å². The third kappa shape index (κ3) is 6.47. The Balaban J connectivity index is 1.87. The van der Waals surface area contributed by atoms with Gasteiger partial charge < -0.3 is 0 Å². The highest BCUT2D eigenvalue weighted by Gasteiger charge is 2.01. The minimum absolute atomic E-state index is 1.10.